The van der Waals surface area contributed by atoms with Crippen molar-refractivity contribution in [3.05, 3.63) is 165 Å². The maximum atomic E-state index is 13.1. The van der Waals surface area contributed by atoms with Crippen molar-refractivity contribution in [3.63, 3.8) is 0 Å². The van der Waals surface area contributed by atoms with E-state index in [0.29, 0.717) is 39.6 Å². The minimum atomic E-state index is -0.475. The van der Waals surface area contributed by atoms with Gasteiger partial charge < -0.3 is 18.9 Å². The van der Waals surface area contributed by atoms with Crippen LogP contribution in [0.3, 0.4) is 0 Å². The second kappa shape index (κ2) is 16.7. The molecule has 7 aromatic rings. The summed E-state index contributed by atoms with van der Waals surface area (Å²) >= 11 is 2.23. The fraction of sp³-hybridized carbons (Fsp3) is 0.100. The van der Waals surface area contributed by atoms with Gasteiger partial charge in [-0.05, 0) is 101 Å². The molecule has 0 atom stereocenters. The molecule has 0 unspecified atom stereocenters. The van der Waals surface area contributed by atoms with E-state index in [1.165, 1.54) is 26.4 Å². The molecule has 7 rings (SSSR count). The van der Waals surface area contributed by atoms with Gasteiger partial charge in [0.05, 0.1) is 14.2 Å². The van der Waals surface area contributed by atoms with Crippen LogP contribution in [0.5, 0.6) is 11.5 Å². The number of pyridine rings is 2. The molecule has 4 heterocycles. The molecular formula is C40H30FIN4O6. The summed E-state index contributed by atoms with van der Waals surface area (Å²) in [5, 5.41) is 0. The van der Waals surface area contributed by atoms with E-state index in [9.17, 15) is 14.0 Å². The standard InChI is InChI=1S/C24H17FN2O3.C16H13IN2O3/c1-29-24(28)19-6-2-3-7-22(19)30-16-20-21(27-15-5-4-8-23(27)26-20)14-11-17-9-12-18(25)13-10-17;1-21-16(20)11-6-2-3-7-13(11)22-10-12-15(17)19-9-5-4-8-14(19)18-12/h2-10,12-13,15H,16H2,1H3;2-9H,10H2,1H3. The molecule has 3 aromatic carbocycles. The Morgan fingerprint density at radius 2 is 1.15 bits per heavy atom. The third kappa shape index (κ3) is 8.22. The molecule has 0 fully saturated rings. The number of fused-ring (bicyclic) bond motifs is 2. The molecular weight excluding hydrogens is 778 g/mol. The molecule has 260 valence electrons. The van der Waals surface area contributed by atoms with E-state index in [2.05, 4.69) is 44.4 Å². The fourth-order valence-corrected chi connectivity index (χ4v) is 5.77. The SMILES string of the molecule is COC(=O)c1ccccc1OCc1nc2ccccn2c1C#Cc1ccc(F)cc1.COC(=O)c1ccccc1OCc1nc2ccccn2c1I. The Labute approximate surface area is 311 Å². The van der Waals surface area contributed by atoms with Crippen LogP contribution in [0.25, 0.3) is 11.3 Å². The molecule has 0 saturated heterocycles. The van der Waals surface area contributed by atoms with Crippen molar-refractivity contribution in [1.82, 2.24) is 18.8 Å². The number of rotatable bonds is 8. The molecule has 0 bridgehead atoms. The van der Waals surface area contributed by atoms with Crippen LogP contribution in [0.15, 0.2) is 122 Å². The number of benzene rings is 3. The highest BCUT2D eigenvalue weighted by atomic mass is 127. The first-order valence-corrected chi connectivity index (χ1v) is 16.9. The summed E-state index contributed by atoms with van der Waals surface area (Å²) in [7, 11) is 2.68. The maximum Gasteiger partial charge on any atom is 0.341 e. The first-order chi connectivity index (χ1) is 25.4. The van der Waals surface area contributed by atoms with Crippen molar-refractivity contribution in [1.29, 1.82) is 0 Å². The summed E-state index contributed by atoms with van der Waals surface area (Å²) in [5.74, 6) is 5.84. The Balaban J connectivity index is 0.000000187. The van der Waals surface area contributed by atoms with Crippen molar-refractivity contribution in [2.45, 2.75) is 13.2 Å². The quantitative estimate of drug-likeness (QED) is 0.0882. The summed E-state index contributed by atoms with van der Waals surface area (Å²) < 4.78 is 39.2. The molecule has 0 amide bonds. The Kier molecular flexibility index (Phi) is 11.4. The first kappa shape index (κ1) is 35.6. The van der Waals surface area contributed by atoms with E-state index < -0.39 is 11.9 Å². The first-order valence-electron chi connectivity index (χ1n) is 15.8. The number of aromatic nitrogens is 4. The van der Waals surface area contributed by atoms with Crippen LogP contribution >= 0.6 is 22.6 Å². The number of hydrogen-bond acceptors (Lipinski definition) is 8. The van der Waals surface area contributed by atoms with E-state index in [1.54, 1.807) is 54.6 Å². The van der Waals surface area contributed by atoms with Crippen molar-refractivity contribution in [2.24, 2.45) is 0 Å². The zero-order chi connectivity index (χ0) is 36.5. The highest BCUT2D eigenvalue weighted by Crippen LogP contribution is 2.23. The fourth-order valence-electron chi connectivity index (χ4n) is 5.08. The van der Waals surface area contributed by atoms with E-state index >= 15 is 0 Å². The van der Waals surface area contributed by atoms with Crippen LogP contribution < -0.4 is 9.47 Å². The summed E-state index contributed by atoms with van der Waals surface area (Å²) in [6, 6.07) is 31.3. The third-order valence-corrected chi connectivity index (χ3v) is 8.76. The summed E-state index contributed by atoms with van der Waals surface area (Å²) in [6.45, 7) is 0.400. The average Bonchev–Trinajstić information content (AvgIpc) is 3.71. The molecule has 0 aliphatic rings. The van der Waals surface area contributed by atoms with Crippen LogP contribution in [0, 0.1) is 21.4 Å². The van der Waals surface area contributed by atoms with Gasteiger partial charge in [-0.3, -0.25) is 8.80 Å². The Morgan fingerprint density at radius 3 is 1.73 bits per heavy atom. The second-order valence-corrected chi connectivity index (χ2v) is 11.9. The number of carbonyl (C=O) groups is 2. The number of ether oxygens (including phenoxy) is 4. The molecule has 0 spiro atoms. The topological polar surface area (TPSA) is 106 Å². The Bertz CT molecular complexity index is 2430. The second-order valence-electron chi connectivity index (χ2n) is 10.9. The van der Waals surface area contributed by atoms with Crippen LogP contribution in [-0.2, 0) is 22.7 Å². The smallest absolute Gasteiger partial charge is 0.341 e. The number of esters is 2. The average molecular weight is 809 g/mol. The minimum absolute atomic E-state index is 0.114. The largest absolute Gasteiger partial charge is 0.486 e. The van der Waals surface area contributed by atoms with Crippen molar-refractivity contribution in [2.75, 3.05) is 14.2 Å². The summed E-state index contributed by atoms with van der Waals surface area (Å²) in [4.78, 5) is 32.8. The van der Waals surface area contributed by atoms with E-state index in [0.717, 1.165) is 20.7 Å². The monoisotopic (exact) mass is 808 g/mol. The molecule has 10 nitrogen and oxygen atoms in total. The van der Waals surface area contributed by atoms with Gasteiger partial charge in [-0.2, -0.15) is 0 Å². The van der Waals surface area contributed by atoms with Gasteiger partial charge in [0.25, 0.3) is 0 Å². The lowest BCUT2D eigenvalue weighted by Gasteiger charge is -2.09. The van der Waals surface area contributed by atoms with Crippen LogP contribution in [0.4, 0.5) is 4.39 Å². The lowest BCUT2D eigenvalue weighted by atomic mass is 10.2. The van der Waals surface area contributed by atoms with Crippen molar-refractivity contribution < 1.29 is 32.9 Å². The molecule has 0 radical (unpaired) electrons. The molecule has 12 heteroatoms. The minimum Gasteiger partial charge on any atom is -0.486 e. The van der Waals surface area contributed by atoms with Crippen LogP contribution in [0.1, 0.15) is 43.4 Å². The number of halogens is 2. The van der Waals surface area contributed by atoms with Crippen LogP contribution in [-0.4, -0.2) is 44.9 Å². The predicted molar refractivity (Wildman–Crippen MR) is 200 cm³/mol. The van der Waals surface area contributed by atoms with Gasteiger partial charge >= 0.3 is 11.9 Å². The normalized spacial score (nSPS) is 10.5. The third-order valence-electron chi connectivity index (χ3n) is 7.62. The van der Waals surface area contributed by atoms with Gasteiger partial charge in [0.1, 0.15) is 73.7 Å². The van der Waals surface area contributed by atoms with Gasteiger partial charge in [-0.15, -0.1) is 0 Å². The van der Waals surface area contributed by atoms with Crippen LogP contribution in [0.2, 0.25) is 0 Å². The number of methoxy groups -OCH3 is 2. The predicted octanol–water partition coefficient (Wildman–Crippen LogP) is 7.54. The highest BCUT2D eigenvalue weighted by Gasteiger charge is 2.16. The highest BCUT2D eigenvalue weighted by molar-refractivity contribution is 14.1. The van der Waals surface area contributed by atoms with Crippen molar-refractivity contribution in [3.8, 4) is 23.3 Å². The zero-order valence-corrected chi connectivity index (χ0v) is 30.1. The van der Waals surface area contributed by atoms with E-state index in [4.69, 9.17) is 18.9 Å². The van der Waals surface area contributed by atoms with Gasteiger partial charge in [0.15, 0.2) is 0 Å². The van der Waals surface area contributed by atoms with E-state index in [1.807, 2.05) is 63.7 Å². The summed E-state index contributed by atoms with van der Waals surface area (Å²) in [5.41, 5.74) is 5.12. The molecule has 0 aliphatic heterocycles. The molecule has 52 heavy (non-hydrogen) atoms. The van der Waals surface area contributed by atoms with Gasteiger partial charge in [0.2, 0.25) is 0 Å². The van der Waals surface area contributed by atoms with Crippen molar-refractivity contribution >= 4 is 45.8 Å². The van der Waals surface area contributed by atoms with Gasteiger partial charge in [-0.1, -0.05) is 42.3 Å². The Hall–Kier alpha value is -6.20. The molecule has 4 aromatic heterocycles. The van der Waals surface area contributed by atoms with E-state index in [-0.39, 0.29) is 19.0 Å². The zero-order valence-electron chi connectivity index (χ0n) is 28.0. The molecule has 0 saturated carbocycles. The van der Waals surface area contributed by atoms with Gasteiger partial charge in [0, 0.05) is 18.0 Å². The number of imidazole rings is 2. The maximum absolute atomic E-state index is 13.1. The number of hydrogen-bond donors (Lipinski definition) is 0. The van der Waals surface area contributed by atoms with Gasteiger partial charge in [-0.25, -0.2) is 23.9 Å². The lowest BCUT2D eigenvalue weighted by Crippen LogP contribution is -2.06. The number of carbonyl (C=O) groups excluding carboxylic acids is 2. The number of nitrogens with zero attached hydrogens (tertiary/aromatic N) is 4. The summed E-state index contributed by atoms with van der Waals surface area (Å²) in [6.07, 6.45) is 3.82. The Morgan fingerprint density at radius 1 is 0.654 bits per heavy atom. The molecule has 0 aliphatic carbocycles. The number of para-hydroxylation sites is 2. The lowest BCUT2D eigenvalue weighted by molar-refractivity contribution is 0.0586. The molecule has 0 N–H and O–H groups in total.